The minimum Gasteiger partial charge on any atom is -0.493 e. The Bertz CT molecular complexity index is 1170. The minimum absolute atomic E-state index is 0.0822. The van der Waals surface area contributed by atoms with Crippen molar-refractivity contribution in [2.45, 2.75) is 19.4 Å². The Morgan fingerprint density at radius 3 is 2.85 bits per heavy atom. The number of aryl methyl sites for hydroxylation is 1. The molecule has 7 heteroatoms. The third-order valence-electron chi connectivity index (χ3n) is 4.55. The summed E-state index contributed by atoms with van der Waals surface area (Å²) in [4.78, 5) is 29.6. The number of rotatable bonds is 3. The second-order valence-electron chi connectivity index (χ2n) is 6.19. The quantitative estimate of drug-likeness (QED) is 0.525. The molecular formula is C20H15N3O4. The molecule has 1 aliphatic heterocycles. The Labute approximate surface area is 154 Å². The van der Waals surface area contributed by atoms with Gasteiger partial charge in [0.1, 0.15) is 5.82 Å². The monoisotopic (exact) mass is 361 g/mol. The van der Waals surface area contributed by atoms with Crippen LogP contribution in [0.2, 0.25) is 0 Å². The molecule has 0 saturated carbocycles. The van der Waals surface area contributed by atoms with Gasteiger partial charge >= 0.3 is 5.97 Å². The molecule has 0 unspecified atom stereocenters. The SMILES string of the molecule is COc1cc(C#N)ccc1OC(=O)c1ccc2c(=O)n3c(nc2c1)CCC3. The first-order valence-electron chi connectivity index (χ1n) is 8.44. The molecule has 1 aromatic heterocycles. The van der Waals surface area contributed by atoms with Crippen LogP contribution >= 0.6 is 0 Å². The van der Waals surface area contributed by atoms with E-state index in [0.29, 0.717) is 23.0 Å². The van der Waals surface area contributed by atoms with Gasteiger partial charge in [-0.25, -0.2) is 9.78 Å². The number of hydrogen-bond acceptors (Lipinski definition) is 6. The van der Waals surface area contributed by atoms with Gasteiger partial charge in [-0.2, -0.15) is 5.26 Å². The van der Waals surface area contributed by atoms with E-state index in [0.717, 1.165) is 18.7 Å². The number of esters is 1. The number of aromatic nitrogens is 2. The van der Waals surface area contributed by atoms with Crippen molar-refractivity contribution in [1.82, 2.24) is 9.55 Å². The second kappa shape index (κ2) is 6.57. The maximum Gasteiger partial charge on any atom is 0.343 e. The van der Waals surface area contributed by atoms with Crippen LogP contribution in [-0.2, 0) is 13.0 Å². The molecule has 4 rings (SSSR count). The van der Waals surface area contributed by atoms with E-state index >= 15 is 0 Å². The summed E-state index contributed by atoms with van der Waals surface area (Å²) in [5.41, 5.74) is 1.08. The van der Waals surface area contributed by atoms with Gasteiger partial charge in [0.05, 0.1) is 35.2 Å². The van der Waals surface area contributed by atoms with Crippen LogP contribution in [0.4, 0.5) is 0 Å². The lowest BCUT2D eigenvalue weighted by Gasteiger charge is -2.10. The van der Waals surface area contributed by atoms with Crippen LogP contribution in [0.5, 0.6) is 11.5 Å². The molecule has 0 fully saturated rings. The number of ether oxygens (including phenoxy) is 2. The van der Waals surface area contributed by atoms with Gasteiger partial charge in [-0.15, -0.1) is 0 Å². The Balaban J connectivity index is 1.69. The molecule has 3 aromatic rings. The molecule has 0 N–H and O–H groups in total. The van der Waals surface area contributed by atoms with E-state index in [2.05, 4.69) is 4.98 Å². The van der Waals surface area contributed by atoms with Gasteiger partial charge in [-0.05, 0) is 36.8 Å². The fourth-order valence-electron chi connectivity index (χ4n) is 3.19. The normalized spacial score (nSPS) is 12.4. The average Bonchev–Trinajstić information content (AvgIpc) is 3.16. The van der Waals surface area contributed by atoms with Gasteiger partial charge in [0, 0.05) is 19.0 Å². The van der Waals surface area contributed by atoms with Gasteiger partial charge in [0.2, 0.25) is 0 Å². The summed E-state index contributed by atoms with van der Waals surface area (Å²) in [6.45, 7) is 0.680. The lowest BCUT2D eigenvalue weighted by atomic mass is 10.1. The molecule has 27 heavy (non-hydrogen) atoms. The number of benzene rings is 2. The van der Waals surface area contributed by atoms with E-state index in [4.69, 9.17) is 14.7 Å². The Hall–Kier alpha value is -3.66. The van der Waals surface area contributed by atoms with Gasteiger partial charge in [-0.1, -0.05) is 0 Å². The Kier molecular flexibility index (Phi) is 4.09. The number of fused-ring (bicyclic) bond motifs is 2. The molecule has 0 bridgehead atoms. The molecular weight excluding hydrogens is 346 g/mol. The fraction of sp³-hybridized carbons (Fsp3) is 0.200. The largest absolute Gasteiger partial charge is 0.493 e. The summed E-state index contributed by atoms with van der Waals surface area (Å²) in [5.74, 6) is 0.648. The summed E-state index contributed by atoms with van der Waals surface area (Å²) >= 11 is 0. The molecule has 2 aromatic carbocycles. The first kappa shape index (κ1) is 16.8. The predicted octanol–water partition coefficient (Wildman–Crippen LogP) is 2.44. The Morgan fingerprint density at radius 2 is 2.07 bits per heavy atom. The van der Waals surface area contributed by atoms with Crippen LogP contribution in [0, 0.1) is 11.3 Å². The van der Waals surface area contributed by atoms with E-state index in [1.54, 1.807) is 22.8 Å². The summed E-state index contributed by atoms with van der Waals surface area (Å²) < 4.78 is 12.3. The highest BCUT2D eigenvalue weighted by molar-refractivity contribution is 5.95. The molecule has 134 valence electrons. The highest BCUT2D eigenvalue weighted by Crippen LogP contribution is 2.29. The molecule has 0 atom stereocenters. The molecule has 0 saturated heterocycles. The molecule has 2 heterocycles. The Morgan fingerprint density at radius 1 is 1.22 bits per heavy atom. The lowest BCUT2D eigenvalue weighted by molar-refractivity contribution is 0.0730. The van der Waals surface area contributed by atoms with Gasteiger partial charge in [-0.3, -0.25) is 9.36 Å². The van der Waals surface area contributed by atoms with E-state index in [9.17, 15) is 9.59 Å². The molecule has 0 radical (unpaired) electrons. The standard InChI is InChI=1S/C20H15N3O4/c1-26-17-9-12(11-21)4-7-16(17)27-20(25)13-5-6-14-15(10-13)22-18-3-2-8-23(18)19(14)24/h4-7,9-10H,2-3,8H2,1H3. The summed E-state index contributed by atoms with van der Waals surface area (Å²) in [5, 5.41) is 9.43. The zero-order valence-corrected chi connectivity index (χ0v) is 14.6. The van der Waals surface area contributed by atoms with Crippen molar-refractivity contribution in [3.05, 3.63) is 63.7 Å². The zero-order valence-electron chi connectivity index (χ0n) is 14.6. The van der Waals surface area contributed by atoms with Crippen molar-refractivity contribution in [2.75, 3.05) is 7.11 Å². The first-order chi connectivity index (χ1) is 13.1. The van der Waals surface area contributed by atoms with E-state index in [1.807, 2.05) is 6.07 Å². The maximum absolute atomic E-state index is 12.5. The molecule has 0 amide bonds. The third-order valence-corrected chi connectivity index (χ3v) is 4.55. The minimum atomic E-state index is -0.595. The van der Waals surface area contributed by atoms with Gasteiger partial charge in [0.25, 0.3) is 5.56 Å². The number of nitrogens with zero attached hydrogens (tertiary/aromatic N) is 3. The van der Waals surface area contributed by atoms with Crippen molar-refractivity contribution in [1.29, 1.82) is 5.26 Å². The number of carbonyl (C=O) groups is 1. The van der Waals surface area contributed by atoms with E-state index < -0.39 is 5.97 Å². The molecule has 0 aliphatic carbocycles. The van der Waals surface area contributed by atoms with Crippen molar-refractivity contribution in [3.8, 4) is 17.6 Å². The van der Waals surface area contributed by atoms with Gasteiger partial charge < -0.3 is 9.47 Å². The van der Waals surface area contributed by atoms with E-state index in [1.165, 1.54) is 25.3 Å². The smallest absolute Gasteiger partial charge is 0.343 e. The second-order valence-corrected chi connectivity index (χ2v) is 6.19. The number of hydrogen-bond donors (Lipinski definition) is 0. The topological polar surface area (TPSA) is 94.2 Å². The highest BCUT2D eigenvalue weighted by atomic mass is 16.6. The van der Waals surface area contributed by atoms with Crippen molar-refractivity contribution < 1.29 is 14.3 Å². The summed E-state index contributed by atoms with van der Waals surface area (Å²) in [6.07, 6.45) is 1.65. The van der Waals surface area contributed by atoms with Crippen LogP contribution in [0.3, 0.4) is 0 Å². The van der Waals surface area contributed by atoms with Crippen LogP contribution in [0.15, 0.2) is 41.2 Å². The molecule has 7 nitrogen and oxygen atoms in total. The average molecular weight is 361 g/mol. The predicted molar refractivity (Wildman–Crippen MR) is 97.0 cm³/mol. The third kappa shape index (κ3) is 2.91. The number of methoxy groups -OCH3 is 1. The van der Waals surface area contributed by atoms with Crippen LogP contribution in [0.25, 0.3) is 10.9 Å². The van der Waals surface area contributed by atoms with E-state index in [-0.39, 0.29) is 22.6 Å². The lowest BCUT2D eigenvalue weighted by Crippen LogP contribution is -2.21. The zero-order chi connectivity index (χ0) is 19.0. The highest BCUT2D eigenvalue weighted by Gasteiger charge is 2.18. The first-order valence-corrected chi connectivity index (χ1v) is 8.44. The number of carbonyl (C=O) groups excluding carboxylic acids is 1. The summed E-state index contributed by atoms with van der Waals surface area (Å²) in [6, 6.07) is 11.3. The number of nitriles is 1. The van der Waals surface area contributed by atoms with Gasteiger partial charge in [0.15, 0.2) is 11.5 Å². The maximum atomic E-state index is 12.5. The van der Waals surface area contributed by atoms with Crippen molar-refractivity contribution >= 4 is 16.9 Å². The van der Waals surface area contributed by atoms with Crippen molar-refractivity contribution in [3.63, 3.8) is 0 Å². The fourth-order valence-corrected chi connectivity index (χ4v) is 3.19. The van der Waals surface area contributed by atoms with Crippen LogP contribution in [-0.4, -0.2) is 22.6 Å². The molecule has 1 aliphatic rings. The molecule has 0 spiro atoms. The van der Waals surface area contributed by atoms with Crippen LogP contribution in [0.1, 0.15) is 28.2 Å². The van der Waals surface area contributed by atoms with Crippen LogP contribution < -0.4 is 15.0 Å². The summed E-state index contributed by atoms with van der Waals surface area (Å²) in [7, 11) is 1.43. The van der Waals surface area contributed by atoms with Crippen molar-refractivity contribution in [2.24, 2.45) is 0 Å².